The molecule has 1 N–H and O–H groups in total. The first-order valence-electron chi connectivity index (χ1n) is 9.87. The summed E-state index contributed by atoms with van der Waals surface area (Å²) in [6, 6.07) is 25.7. The molecular weight excluding hydrogens is 411 g/mol. The standard InChI is InChI=1S/C24H21FN4OS/c1-17(23(30)26-20-12-8-11-19(25)16-20)31-24-28-27-22(15-18-9-4-2-5-10-18)29(24)21-13-6-3-7-14-21/h2-14,16-17H,15H2,1H3,(H,26,30). The number of para-hydroxylation sites is 1. The minimum atomic E-state index is -0.459. The van der Waals surface area contributed by atoms with Crippen LogP contribution in [0.3, 0.4) is 0 Å². The Morgan fingerprint density at radius 3 is 2.42 bits per heavy atom. The molecule has 1 atom stereocenters. The molecule has 7 heteroatoms. The van der Waals surface area contributed by atoms with Gasteiger partial charge in [0.25, 0.3) is 0 Å². The van der Waals surface area contributed by atoms with Crippen LogP contribution in [0, 0.1) is 5.82 Å². The second kappa shape index (κ2) is 9.57. The summed E-state index contributed by atoms with van der Waals surface area (Å²) in [5, 5.41) is 11.7. The zero-order chi connectivity index (χ0) is 21.6. The van der Waals surface area contributed by atoms with Gasteiger partial charge in [0.05, 0.1) is 5.25 Å². The molecule has 0 saturated heterocycles. The fraction of sp³-hybridized carbons (Fsp3) is 0.125. The summed E-state index contributed by atoms with van der Waals surface area (Å²) in [6.45, 7) is 1.79. The number of nitrogens with zero attached hydrogens (tertiary/aromatic N) is 3. The minimum absolute atomic E-state index is 0.233. The number of carbonyl (C=O) groups is 1. The third kappa shape index (κ3) is 5.19. The second-order valence-corrected chi connectivity index (χ2v) is 8.30. The first-order valence-corrected chi connectivity index (χ1v) is 10.7. The first-order chi connectivity index (χ1) is 15.1. The maximum atomic E-state index is 13.4. The predicted molar refractivity (Wildman–Crippen MR) is 121 cm³/mol. The molecule has 4 rings (SSSR count). The Morgan fingerprint density at radius 2 is 1.71 bits per heavy atom. The summed E-state index contributed by atoms with van der Waals surface area (Å²) >= 11 is 1.31. The van der Waals surface area contributed by atoms with E-state index in [0.29, 0.717) is 17.3 Å². The quantitative estimate of drug-likeness (QED) is 0.412. The Hall–Kier alpha value is -3.45. The van der Waals surface area contributed by atoms with Gasteiger partial charge in [0.15, 0.2) is 5.16 Å². The Bertz CT molecular complexity index is 1160. The zero-order valence-electron chi connectivity index (χ0n) is 16.9. The van der Waals surface area contributed by atoms with Crippen molar-refractivity contribution in [3.8, 4) is 5.69 Å². The van der Waals surface area contributed by atoms with Gasteiger partial charge in [-0.1, -0.05) is 66.4 Å². The zero-order valence-corrected chi connectivity index (χ0v) is 17.7. The van der Waals surface area contributed by atoms with Crippen LogP contribution in [0.4, 0.5) is 10.1 Å². The molecule has 5 nitrogen and oxygen atoms in total. The van der Waals surface area contributed by atoms with E-state index in [2.05, 4.69) is 15.5 Å². The number of halogens is 1. The van der Waals surface area contributed by atoms with Crippen molar-refractivity contribution in [1.82, 2.24) is 14.8 Å². The lowest BCUT2D eigenvalue weighted by Crippen LogP contribution is -2.23. The maximum absolute atomic E-state index is 13.4. The lowest BCUT2D eigenvalue weighted by Gasteiger charge is -2.14. The molecule has 1 aromatic heterocycles. The summed E-state index contributed by atoms with van der Waals surface area (Å²) in [4.78, 5) is 12.7. The average molecular weight is 433 g/mol. The second-order valence-electron chi connectivity index (χ2n) is 6.99. The van der Waals surface area contributed by atoms with Crippen LogP contribution < -0.4 is 5.32 Å². The topological polar surface area (TPSA) is 59.8 Å². The van der Waals surface area contributed by atoms with E-state index in [0.717, 1.165) is 17.1 Å². The molecule has 0 aliphatic rings. The van der Waals surface area contributed by atoms with Crippen LogP contribution in [-0.2, 0) is 11.2 Å². The predicted octanol–water partition coefficient (Wildman–Crippen LogP) is 5.12. The molecule has 156 valence electrons. The molecule has 0 saturated carbocycles. The molecule has 31 heavy (non-hydrogen) atoms. The highest BCUT2D eigenvalue weighted by Crippen LogP contribution is 2.27. The smallest absolute Gasteiger partial charge is 0.237 e. The van der Waals surface area contributed by atoms with Crippen molar-refractivity contribution in [2.75, 3.05) is 5.32 Å². The van der Waals surface area contributed by atoms with Crippen LogP contribution in [0.2, 0.25) is 0 Å². The van der Waals surface area contributed by atoms with Crippen LogP contribution in [0.25, 0.3) is 5.69 Å². The van der Waals surface area contributed by atoms with Crippen LogP contribution >= 0.6 is 11.8 Å². The lowest BCUT2D eigenvalue weighted by atomic mass is 10.1. The largest absolute Gasteiger partial charge is 0.325 e. The molecule has 4 aromatic rings. The van der Waals surface area contributed by atoms with E-state index in [4.69, 9.17) is 0 Å². The maximum Gasteiger partial charge on any atom is 0.237 e. The molecule has 1 heterocycles. The number of amides is 1. The van der Waals surface area contributed by atoms with E-state index in [1.807, 2.05) is 65.2 Å². The van der Waals surface area contributed by atoms with Gasteiger partial charge in [0.2, 0.25) is 5.91 Å². The van der Waals surface area contributed by atoms with Crippen LogP contribution in [0.5, 0.6) is 0 Å². The van der Waals surface area contributed by atoms with Crippen LogP contribution in [-0.4, -0.2) is 25.9 Å². The van der Waals surface area contributed by atoms with Crippen molar-refractivity contribution in [1.29, 1.82) is 0 Å². The normalized spacial score (nSPS) is 11.8. The molecule has 0 radical (unpaired) electrons. The van der Waals surface area contributed by atoms with Gasteiger partial charge in [-0.15, -0.1) is 10.2 Å². The van der Waals surface area contributed by atoms with Gasteiger partial charge >= 0.3 is 0 Å². The van der Waals surface area contributed by atoms with Gasteiger partial charge in [-0.3, -0.25) is 9.36 Å². The number of hydrogen-bond donors (Lipinski definition) is 1. The van der Waals surface area contributed by atoms with E-state index in [-0.39, 0.29) is 5.91 Å². The van der Waals surface area contributed by atoms with Gasteiger partial charge in [-0.2, -0.15) is 0 Å². The van der Waals surface area contributed by atoms with Gasteiger partial charge < -0.3 is 5.32 Å². The molecule has 0 fully saturated rings. The number of thioether (sulfide) groups is 1. The van der Waals surface area contributed by atoms with E-state index in [1.165, 1.54) is 23.9 Å². The van der Waals surface area contributed by atoms with Crippen LogP contribution in [0.15, 0.2) is 90.1 Å². The van der Waals surface area contributed by atoms with E-state index in [9.17, 15) is 9.18 Å². The van der Waals surface area contributed by atoms with E-state index >= 15 is 0 Å². The number of nitrogens with one attached hydrogen (secondary N) is 1. The number of hydrogen-bond acceptors (Lipinski definition) is 4. The fourth-order valence-electron chi connectivity index (χ4n) is 3.13. The first kappa shape index (κ1) is 20.8. The lowest BCUT2D eigenvalue weighted by molar-refractivity contribution is -0.115. The highest BCUT2D eigenvalue weighted by atomic mass is 32.2. The SMILES string of the molecule is CC(Sc1nnc(Cc2ccccc2)n1-c1ccccc1)C(=O)Nc1cccc(F)c1. The molecule has 3 aromatic carbocycles. The van der Waals surface area contributed by atoms with Gasteiger partial charge in [-0.25, -0.2) is 4.39 Å². The molecule has 0 bridgehead atoms. The highest BCUT2D eigenvalue weighted by Gasteiger charge is 2.21. The van der Waals surface area contributed by atoms with Crippen molar-refractivity contribution in [2.45, 2.75) is 23.8 Å². The molecular formula is C24H21FN4OS. The third-order valence-electron chi connectivity index (χ3n) is 4.66. The fourth-order valence-corrected chi connectivity index (χ4v) is 4.01. The number of anilines is 1. The van der Waals surface area contributed by atoms with Crippen molar-refractivity contribution >= 4 is 23.4 Å². The van der Waals surface area contributed by atoms with Crippen LogP contribution in [0.1, 0.15) is 18.3 Å². The van der Waals surface area contributed by atoms with Crippen molar-refractivity contribution < 1.29 is 9.18 Å². The molecule has 1 unspecified atom stereocenters. The Labute approximate surface area is 184 Å². The minimum Gasteiger partial charge on any atom is -0.325 e. The summed E-state index contributed by atoms with van der Waals surface area (Å²) in [5.41, 5.74) is 2.48. The number of rotatable bonds is 7. The van der Waals surface area contributed by atoms with Crippen molar-refractivity contribution in [3.05, 3.63) is 102 Å². The number of aromatic nitrogens is 3. The van der Waals surface area contributed by atoms with Crippen molar-refractivity contribution in [2.24, 2.45) is 0 Å². The van der Waals surface area contributed by atoms with Gasteiger partial charge in [0, 0.05) is 17.8 Å². The van der Waals surface area contributed by atoms with Gasteiger partial charge in [-0.05, 0) is 42.8 Å². The average Bonchev–Trinajstić information content (AvgIpc) is 3.17. The third-order valence-corrected chi connectivity index (χ3v) is 5.71. The summed E-state index contributed by atoms with van der Waals surface area (Å²) in [7, 11) is 0. The summed E-state index contributed by atoms with van der Waals surface area (Å²) < 4.78 is 15.4. The highest BCUT2D eigenvalue weighted by molar-refractivity contribution is 8.00. The number of benzene rings is 3. The number of carbonyl (C=O) groups excluding carboxylic acids is 1. The Morgan fingerprint density at radius 1 is 1.00 bits per heavy atom. The molecule has 0 aliphatic heterocycles. The van der Waals surface area contributed by atoms with E-state index < -0.39 is 11.1 Å². The van der Waals surface area contributed by atoms with Gasteiger partial charge in [0.1, 0.15) is 11.6 Å². The Kier molecular flexibility index (Phi) is 6.43. The monoisotopic (exact) mass is 432 g/mol. The van der Waals surface area contributed by atoms with Crippen molar-refractivity contribution in [3.63, 3.8) is 0 Å². The Balaban J connectivity index is 1.58. The molecule has 0 aliphatic carbocycles. The molecule has 1 amide bonds. The molecule has 0 spiro atoms. The van der Waals surface area contributed by atoms with E-state index in [1.54, 1.807) is 19.1 Å². The summed E-state index contributed by atoms with van der Waals surface area (Å²) in [6.07, 6.45) is 0.618. The summed E-state index contributed by atoms with van der Waals surface area (Å²) in [5.74, 6) is 0.160.